The van der Waals surface area contributed by atoms with E-state index in [2.05, 4.69) is 28.0 Å². The lowest BCUT2D eigenvalue weighted by atomic mass is 10.1. The number of aryl methyl sites for hydroxylation is 1. The second-order valence-corrected chi connectivity index (χ2v) is 5.63. The van der Waals surface area contributed by atoms with Crippen LogP contribution in [0.5, 0.6) is 0 Å². The number of nitrogens with one attached hydrogen (secondary N) is 3. The molecule has 0 aliphatic carbocycles. The van der Waals surface area contributed by atoms with Crippen molar-refractivity contribution in [3.8, 4) is 0 Å². The van der Waals surface area contributed by atoms with Gasteiger partial charge in [0.15, 0.2) is 0 Å². The van der Waals surface area contributed by atoms with Crippen molar-refractivity contribution >= 4 is 17.8 Å². The lowest BCUT2D eigenvalue weighted by Gasteiger charge is -2.15. The molecule has 1 aliphatic rings. The monoisotopic (exact) mass is 321 g/mol. The molecule has 126 valence electrons. The van der Waals surface area contributed by atoms with Crippen molar-refractivity contribution in [3.63, 3.8) is 0 Å². The summed E-state index contributed by atoms with van der Waals surface area (Å²) in [5, 5.41) is 11.9. The first-order valence-corrected chi connectivity index (χ1v) is 7.83. The van der Waals surface area contributed by atoms with Gasteiger partial charge in [-0.3, -0.25) is 19.6 Å². The van der Waals surface area contributed by atoms with Crippen LogP contribution in [0.25, 0.3) is 0 Å². The second-order valence-electron chi connectivity index (χ2n) is 5.63. The zero-order chi connectivity index (χ0) is 17.0. The van der Waals surface area contributed by atoms with Gasteiger partial charge in [-0.25, -0.2) is 4.79 Å². The molecule has 1 aliphatic heterocycles. The number of urea groups is 1. The van der Waals surface area contributed by atoms with Gasteiger partial charge < -0.3 is 10.6 Å². The Hall–Kier alpha value is -2.38. The third kappa shape index (κ3) is 4.08. The highest BCUT2D eigenvalue weighted by Gasteiger charge is 2.25. The summed E-state index contributed by atoms with van der Waals surface area (Å²) in [5.41, 5.74) is 3.35. The molecule has 2 rings (SSSR count). The molecule has 0 radical (unpaired) electrons. The predicted molar refractivity (Wildman–Crippen MR) is 83.8 cm³/mol. The summed E-state index contributed by atoms with van der Waals surface area (Å²) in [5.74, 6) is -0.653. The summed E-state index contributed by atoms with van der Waals surface area (Å²) in [4.78, 5) is 34.7. The fourth-order valence-electron chi connectivity index (χ4n) is 2.80. The molecule has 4 amide bonds. The van der Waals surface area contributed by atoms with Gasteiger partial charge in [0.05, 0.1) is 12.2 Å². The quantitative estimate of drug-likeness (QED) is 0.719. The summed E-state index contributed by atoms with van der Waals surface area (Å²) in [6.07, 6.45) is 1.37. The highest BCUT2D eigenvalue weighted by atomic mass is 16.2. The van der Waals surface area contributed by atoms with E-state index < -0.39 is 12.1 Å². The number of rotatable bonds is 5. The van der Waals surface area contributed by atoms with Crippen molar-refractivity contribution in [2.24, 2.45) is 0 Å². The first-order valence-electron chi connectivity index (χ1n) is 7.83. The van der Waals surface area contributed by atoms with Crippen molar-refractivity contribution in [1.29, 1.82) is 0 Å². The van der Waals surface area contributed by atoms with Crippen LogP contribution in [-0.2, 0) is 22.6 Å². The third-order valence-electron chi connectivity index (χ3n) is 4.04. The molecule has 1 fully saturated rings. The summed E-state index contributed by atoms with van der Waals surface area (Å²) in [6.45, 7) is 7.07. The highest BCUT2D eigenvalue weighted by molar-refractivity contribution is 5.98. The molecule has 0 spiro atoms. The van der Waals surface area contributed by atoms with Crippen molar-refractivity contribution < 1.29 is 14.4 Å². The largest absolute Gasteiger partial charge is 0.352 e. The molecule has 1 aromatic rings. The second kappa shape index (κ2) is 7.26. The van der Waals surface area contributed by atoms with Crippen molar-refractivity contribution in [3.05, 3.63) is 17.0 Å². The fourth-order valence-corrected chi connectivity index (χ4v) is 2.80. The Labute approximate surface area is 135 Å². The summed E-state index contributed by atoms with van der Waals surface area (Å²) in [6, 6.07) is -1.31. The van der Waals surface area contributed by atoms with Gasteiger partial charge in [-0.1, -0.05) is 6.92 Å². The van der Waals surface area contributed by atoms with Crippen LogP contribution in [0.3, 0.4) is 0 Å². The molecule has 0 saturated carbocycles. The third-order valence-corrected chi connectivity index (χ3v) is 4.04. The molecule has 3 N–H and O–H groups in total. The van der Waals surface area contributed by atoms with Crippen LogP contribution in [-0.4, -0.2) is 40.2 Å². The van der Waals surface area contributed by atoms with E-state index in [0.717, 1.165) is 17.8 Å². The fraction of sp³-hybridized carbons (Fsp3) is 0.600. The number of hydrogen-bond acceptors (Lipinski definition) is 4. The van der Waals surface area contributed by atoms with Crippen LogP contribution in [0, 0.1) is 13.8 Å². The molecule has 1 atom stereocenters. The summed E-state index contributed by atoms with van der Waals surface area (Å²) < 4.78 is 1.88. The van der Waals surface area contributed by atoms with Gasteiger partial charge in [-0.2, -0.15) is 5.10 Å². The van der Waals surface area contributed by atoms with E-state index in [1.807, 2.05) is 18.5 Å². The number of carbonyl (C=O) groups is 3. The van der Waals surface area contributed by atoms with E-state index in [-0.39, 0.29) is 18.2 Å². The number of nitrogens with zero attached hydrogens (tertiary/aromatic N) is 2. The lowest BCUT2D eigenvalue weighted by molar-refractivity contribution is -0.123. The number of imide groups is 1. The Bertz CT molecular complexity index is 623. The molecule has 8 heteroatoms. The van der Waals surface area contributed by atoms with Gasteiger partial charge >= 0.3 is 6.03 Å². The number of carbonyl (C=O) groups excluding carboxylic acids is 3. The van der Waals surface area contributed by atoms with Crippen LogP contribution >= 0.6 is 0 Å². The average molecular weight is 321 g/mol. The van der Waals surface area contributed by atoms with Gasteiger partial charge in [-0.15, -0.1) is 0 Å². The molecule has 8 nitrogen and oxygen atoms in total. The Morgan fingerprint density at radius 1 is 1.39 bits per heavy atom. The van der Waals surface area contributed by atoms with E-state index in [0.29, 0.717) is 19.5 Å². The molecule has 1 saturated heterocycles. The molecule has 23 heavy (non-hydrogen) atoms. The molecular weight excluding hydrogens is 298 g/mol. The van der Waals surface area contributed by atoms with E-state index in [4.69, 9.17) is 0 Å². The van der Waals surface area contributed by atoms with Crippen molar-refractivity contribution in [1.82, 2.24) is 25.7 Å². The molecule has 2 heterocycles. The number of aromatic nitrogens is 2. The Morgan fingerprint density at radius 3 is 2.78 bits per heavy atom. The zero-order valence-electron chi connectivity index (χ0n) is 13.7. The van der Waals surface area contributed by atoms with E-state index in [1.54, 1.807) is 0 Å². The van der Waals surface area contributed by atoms with Gasteiger partial charge in [0.2, 0.25) is 11.8 Å². The molecule has 0 aromatic carbocycles. The summed E-state index contributed by atoms with van der Waals surface area (Å²) in [7, 11) is 0. The first-order chi connectivity index (χ1) is 10.9. The summed E-state index contributed by atoms with van der Waals surface area (Å²) >= 11 is 0. The zero-order valence-corrected chi connectivity index (χ0v) is 13.7. The van der Waals surface area contributed by atoms with Gasteiger partial charge in [-0.05, 0) is 32.3 Å². The number of amides is 4. The maximum atomic E-state index is 12.1. The van der Waals surface area contributed by atoms with Crippen molar-refractivity contribution in [2.45, 2.75) is 52.6 Å². The SMILES string of the molecule is CCc1c(C)nn(CCNC(=O)C2CCC(=O)NC(=O)N2)c1C. The smallest absolute Gasteiger partial charge is 0.322 e. The topological polar surface area (TPSA) is 105 Å². The van der Waals surface area contributed by atoms with Crippen LogP contribution in [0.15, 0.2) is 0 Å². The number of hydrogen-bond donors (Lipinski definition) is 3. The van der Waals surface area contributed by atoms with Crippen LogP contribution in [0.4, 0.5) is 4.79 Å². The maximum Gasteiger partial charge on any atom is 0.322 e. The maximum absolute atomic E-state index is 12.1. The Balaban J connectivity index is 1.87. The van der Waals surface area contributed by atoms with Crippen LogP contribution in [0.1, 0.15) is 36.7 Å². The minimum absolute atomic E-state index is 0.147. The standard InChI is InChI=1S/C15H23N5O3/c1-4-11-9(2)19-20(10(11)3)8-7-16-14(22)12-5-6-13(21)18-15(23)17-12/h12H,4-8H2,1-3H3,(H,16,22)(H2,17,18,21,23). The molecule has 0 bridgehead atoms. The minimum atomic E-state index is -0.687. The van der Waals surface area contributed by atoms with E-state index in [1.165, 1.54) is 5.56 Å². The van der Waals surface area contributed by atoms with Crippen LogP contribution in [0.2, 0.25) is 0 Å². The van der Waals surface area contributed by atoms with Gasteiger partial charge in [0.25, 0.3) is 0 Å². The lowest BCUT2D eigenvalue weighted by Crippen LogP contribution is -2.48. The normalized spacial score (nSPS) is 18.1. The molecule has 1 unspecified atom stereocenters. The Morgan fingerprint density at radius 2 is 2.13 bits per heavy atom. The van der Waals surface area contributed by atoms with Crippen molar-refractivity contribution in [2.75, 3.05) is 6.54 Å². The average Bonchev–Trinajstić information content (AvgIpc) is 2.65. The minimum Gasteiger partial charge on any atom is -0.352 e. The van der Waals surface area contributed by atoms with E-state index in [9.17, 15) is 14.4 Å². The highest BCUT2D eigenvalue weighted by Crippen LogP contribution is 2.13. The molecule has 1 aromatic heterocycles. The predicted octanol–water partition coefficient (Wildman–Crippen LogP) is 0.167. The van der Waals surface area contributed by atoms with Gasteiger partial charge in [0, 0.05) is 18.7 Å². The first kappa shape index (κ1) is 17.0. The van der Waals surface area contributed by atoms with Crippen LogP contribution < -0.4 is 16.0 Å². The molecular formula is C15H23N5O3. The van der Waals surface area contributed by atoms with E-state index >= 15 is 0 Å². The van der Waals surface area contributed by atoms with Gasteiger partial charge in [0.1, 0.15) is 6.04 Å². The Kier molecular flexibility index (Phi) is 5.36.